The highest BCUT2D eigenvalue weighted by Crippen LogP contribution is 2.38. The third-order valence-corrected chi connectivity index (χ3v) is 9.67. The fourth-order valence-corrected chi connectivity index (χ4v) is 7.19. The number of methoxy groups -OCH3 is 2. The van der Waals surface area contributed by atoms with Gasteiger partial charge in [0.1, 0.15) is 5.00 Å². The van der Waals surface area contributed by atoms with Gasteiger partial charge < -0.3 is 29.3 Å². The Morgan fingerprint density at radius 3 is 2.20 bits per heavy atom. The number of rotatable bonds is 6. The van der Waals surface area contributed by atoms with Crippen LogP contribution >= 0.6 is 11.3 Å². The predicted molar refractivity (Wildman–Crippen MR) is 144 cm³/mol. The summed E-state index contributed by atoms with van der Waals surface area (Å²) in [6, 6.07) is 5.47. The minimum Gasteiger partial charge on any atom is -0.465 e. The summed E-state index contributed by atoms with van der Waals surface area (Å²) in [5.41, 5.74) is 1.13. The van der Waals surface area contributed by atoms with Crippen LogP contribution in [0.5, 0.6) is 0 Å². The summed E-state index contributed by atoms with van der Waals surface area (Å²) >= 11 is 1.17. The van der Waals surface area contributed by atoms with Gasteiger partial charge in [-0.15, -0.1) is 11.3 Å². The van der Waals surface area contributed by atoms with Crippen LogP contribution in [0.1, 0.15) is 38.1 Å². The molecular formula is C25H30N4O9S2. The first-order chi connectivity index (χ1) is 19.1. The lowest BCUT2D eigenvalue weighted by atomic mass is 10.0. The average Bonchev–Trinajstić information content (AvgIpc) is 3.33. The zero-order valence-corrected chi connectivity index (χ0v) is 23.9. The second-order valence-electron chi connectivity index (χ2n) is 8.91. The maximum Gasteiger partial charge on any atom is 0.409 e. The quantitative estimate of drug-likeness (QED) is 0.392. The molecule has 1 fully saturated rings. The maximum absolute atomic E-state index is 13.1. The summed E-state index contributed by atoms with van der Waals surface area (Å²) in [7, 11) is -1.30. The van der Waals surface area contributed by atoms with Crippen molar-refractivity contribution in [2.75, 3.05) is 58.9 Å². The molecular weight excluding hydrogens is 564 g/mol. The summed E-state index contributed by atoms with van der Waals surface area (Å²) in [5, 5.41) is 3.02. The molecule has 13 nitrogen and oxygen atoms in total. The number of fused-ring (bicyclic) bond motifs is 1. The van der Waals surface area contributed by atoms with E-state index < -0.39 is 34.1 Å². The van der Waals surface area contributed by atoms with E-state index in [-0.39, 0.29) is 60.4 Å². The minimum atomic E-state index is -3.84. The van der Waals surface area contributed by atoms with Gasteiger partial charge in [-0.2, -0.15) is 4.31 Å². The molecule has 1 aromatic carbocycles. The largest absolute Gasteiger partial charge is 0.465 e. The molecule has 0 atom stereocenters. The van der Waals surface area contributed by atoms with Crippen LogP contribution in [0.15, 0.2) is 29.2 Å². The molecule has 15 heteroatoms. The van der Waals surface area contributed by atoms with E-state index in [1.165, 1.54) is 63.9 Å². The van der Waals surface area contributed by atoms with Crippen molar-refractivity contribution in [2.24, 2.45) is 0 Å². The number of hydrogen-bond donors (Lipinski definition) is 1. The smallest absolute Gasteiger partial charge is 0.409 e. The number of carbonyl (C=O) groups excluding carboxylic acids is 4. The van der Waals surface area contributed by atoms with Gasteiger partial charge in [-0.1, -0.05) is 0 Å². The van der Waals surface area contributed by atoms with Crippen molar-refractivity contribution in [3.63, 3.8) is 0 Å². The van der Waals surface area contributed by atoms with Gasteiger partial charge in [-0.3, -0.25) is 4.79 Å². The fraction of sp³-hybridized carbons (Fsp3) is 0.440. The number of sulfonamides is 1. The summed E-state index contributed by atoms with van der Waals surface area (Å²) in [6.45, 7) is 3.19. The summed E-state index contributed by atoms with van der Waals surface area (Å²) < 4.78 is 42.2. The van der Waals surface area contributed by atoms with E-state index in [9.17, 15) is 27.6 Å². The monoisotopic (exact) mass is 594 g/mol. The molecule has 1 N–H and O–H groups in total. The van der Waals surface area contributed by atoms with E-state index in [2.05, 4.69) is 5.32 Å². The third kappa shape index (κ3) is 5.90. The summed E-state index contributed by atoms with van der Waals surface area (Å²) in [4.78, 5) is 53.2. The number of anilines is 1. The van der Waals surface area contributed by atoms with Gasteiger partial charge in [0, 0.05) is 43.2 Å². The standard InChI is InChI=1S/C25H30N4O9S2/c1-4-38-25(33)27-11-13-29(14-12-27)40(34,35)17-7-5-16(6-8-17)21(30)26-22-20(23(31)36-2)18-9-10-28(24(32)37-3)15-19(18)39-22/h5-8H,4,9-15H2,1-3H3,(H,26,30). The van der Waals surface area contributed by atoms with Gasteiger partial charge in [0.15, 0.2) is 0 Å². The number of thiophene rings is 1. The highest BCUT2D eigenvalue weighted by atomic mass is 32.2. The Kier molecular flexibility index (Phi) is 8.95. The number of ether oxygens (including phenoxy) is 3. The molecule has 2 aliphatic rings. The fourth-order valence-electron chi connectivity index (χ4n) is 4.52. The number of nitrogens with one attached hydrogen (secondary N) is 1. The third-order valence-electron chi connectivity index (χ3n) is 6.63. The second kappa shape index (κ2) is 12.2. The molecule has 0 saturated carbocycles. The molecule has 0 aliphatic carbocycles. The molecule has 40 heavy (non-hydrogen) atoms. The van der Waals surface area contributed by atoms with Crippen molar-refractivity contribution in [1.29, 1.82) is 0 Å². The number of hydrogen-bond acceptors (Lipinski definition) is 10. The van der Waals surface area contributed by atoms with Crippen molar-refractivity contribution in [2.45, 2.75) is 24.8 Å². The lowest BCUT2D eigenvalue weighted by molar-refractivity contribution is 0.0600. The highest BCUT2D eigenvalue weighted by molar-refractivity contribution is 7.89. The van der Waals surface area contributed by atoms with Crippen LogP contribution in [0.2, 0.25) is 0 Å². The zero-order valence-electron chi connectivity index (χ0n) is 22.3. The van der Waals surface area contributed by atoms with Crippen molar-refractivity contribution in [3.05, 3.63) is 45.8 Å². The van der Waals surface area contributed by atoms with Crippen LogP contribution in [-0.2, 0) is 37.2 Å². The van der Waals surface area contributed by atoms with Crippen LogP contribution in [0.25, 0.3) is 0 Å². The normalized spacial score (nSPS) is 15.7. The molecule has 1 aromatic heterocycles. The number of piperazine rings is 1. The highest BCUT2D eigenvalue weighted by Gasteiger charge is 2.32. The molecule has 0 bridgehead atoms. The number of benzene rings is 1. The Labute approximate surface area is 235 Å². The van der Waals surface area contributed by atoms with E-state index in [4.69, 9.17) is 14.2 Å². The van der Waals surface area contributed by atoms with E-state index in [1.807, 2.05) is 0 Å². The Bertz CT molecular complexity index is 1400. The SMILES string of the molecule is CCOC(=O)N1CCN(S(=O)(=O)c2ccc(C(=O)Nc3sc4c(c3C(=O)OC)CCN(C(=O)OC)C4)cc2)CC1. The average molecular weight is 595 g/mol. The van der Waals surface area contributed by atoms with Gasteiger partial charge in [-0.05, 0) is 43.2 Å². The Morgan fingerprint density at radius 1 is 0.925 bits per heavy atom. The zero-order chi connectivity index (χ0) is 29.0. The molecule has 3 amide bonds. The first kappa shape index (κ1) is 29.3. The molecule has 3 heterocycles. The Balaban J connectivity index is 1.47. The lowest BCUT2D eigenvalue weighted by Crippen LogP contribution is -2.50. The summed E-state index contributed by atoms with van der Waals surface area (Å²) in [5.74, 6) is -1.15. The number of amides is 3. The predicted octanol–water partition coefficient (Wildman–Crippen LogP) is 2.37. The molecule has 1 saturated heterocycles. The van der Waals surface area contributed by atoms with Crippen molar-refractivity contribution >= 4 is 50.4 Å². The van der Waals surface area contributed by atoms with E-state index in [1.54, 1.807) is 6.92 Å². The number of nitrogens with zero attached hydrogens (tertiary/aromatic N) is 3. The van der Waals surface area contributed by atoms with Gasteiger partial charge in [0.25, 0.3) is 5.91 Å². The van der Waals surface area contributed by atoms with Crippen LogP contribution in [0, 0.1) is 0 Å². The molecule has 0 unspecified atom stereocenters. The minimum absolute atomic E-state index is 0.0124. The van der Waals surface area contributed by atoms with Crippen LogP contribution in [0.4, 0.5) is 14.6 Å². The van der Waals surface area contributed by atoms with Gasteiger partial charge in [-0.25, -0.2) is 22.8 Å². The lowest BCUT2D eigenvalue weighted by Gasteiger charge is -2.33. The van der Waals surface area contributed by atoms with Crippen LogP contribution < -0.4 is 5.32 Å². The molecule has 2 aliphatic heterocycles. The van der Waals surface area contributed by atoms with Crippen molar-refractivity contribution in [3.8, 4) is 0 Å². The topological polar surface area (TPSA) is 152 Å². The van der Waals surface area contributed by atoms with Crippen molar-refractivity contribution in [1.82, 2.24) is 14.1 Å². The molecule has 0 radical (unpaired) electrons. The van der Waals surface area contributed by atoms with Crippen LogP contribution in [-0.4, -0.2) is 100 Å². The van der Waals surface area contributed by atoms with E-state index in [0.29, 0.717) is 18.5 Å². The second-order valence-corrected chi connectivity index (χ2v) is 12.0. The Morgan fingerprint density at radius 2 is 1.60 bits per heavy atom. The number of esters is 1. The molecule has 216 valence electrons. The Hall–Kier alpha value is -3.69. The van der Waals surface area contributed by atoms with Gasteiger partial charge in [0.2, 0.25) is 10.0 Å². The van der Waals surface area contributed by atoms with Gasteiger partial charge in [0.05, 0.1) is 37.8 Å². The molecule has 2 aromatic rings. The molecule has 4 rings (SSSR count). The maximum atomic E-state index is 13.1. The first-order valence-electron chi connectivity index (χ1n) is 12.5. The summed E-state index contributed by atoms with van der Waals surface area (Å²) in [6.07, 6.45) is -0.570. The van der Waals surface area contributed by atoms with Gasteiger partial charge >= 0.3 is 18.2 Å². The van der Waals surface area contributed by atoms with Crippen LogP contribution in [0.3, 0.4) is 0 Å². The van der Waals surface area contributed by atoms with Crippen molar-refractivity contribution < 1.29 is 41.8 Å². The van der Waals surface area contributed by atoms with E-state index in [0.717, 1.165) is 4.88 Å². The first-order valence-corrected chi connectivity index (χ1v) is 14.7. The number of carbonyl (C=O) groups is 4. The molecule has 0 spiro atoms. The van der Waals surface area contributed by atoms with E-state index >= 15 is 0 Å².